The Hall–Kier alpha value is -1.78. The summed E-state index contributed by atoms with van der Waals surface area (Å²) in [4.78, 5) is 15.6. The van der Waals surface area contributed by atoms with Crippen molar-refractivity contribution in [3.8, 4) is 5.88 Å². The number of hydrogen-bond donors (Lipinski definition) is 1. The first-order valence-corrected chi connectivity index (χ1v) is 6.10. The van der Waals surface area contributed by atoms with Gasteiger partial charge in [0.05, 0.1) is 30.7 Å². The van der Waals surface area contributed by atoms with Crippen LogP contribution in [0.5, 0.6) is 5.88 Å². The first-order valence-electron chi connectivity index (χ1n) is 6.10. The van der Waals surface area contributed by atoms with Crippen LogP contribution in [0.1, 0.15) is 37.6 Å². The van der Waals surface area contributed by atoms with Crippen LogP contribution in [0.4, 0.5) is 5.69 Å². The maximum Gasteiger partial charge on any atom is 0.340 e. The van der Waals surface area contributed by atoms with Crippen molar-refractivity contribution in [1.29, 1.82) is 0 Å². The molecule has 0 aromatic carbocycles. The van der Waals surface area contributed by atoms with Crippen molar-refractivity contribution in [2.24, 2.45) is 5.92 Å². The van der Waals surface area contributed by atoms with Crippen LogP contribution >= 0.6 is 0 Å². The lowest BCUT2D eigenvalue weighted by Crippen LogP contribution is -2.10. The van der Waals surface area contributed by atoms with Gasteiger partial charge in [0.15, 0.2) is 0 Å². The number of aromatic nitrogens is 1. The van der Waals surface area contributed by atoms with Crippen LogP contribution in [0.25, 0.3) is 0 Å². The van der Waals surface area contributed by atoms with Crippen molar-refractivity contribution in [2.75, 3.05) is 18.9 Å². The number of carbonyl (C=O) groups excluding carboxylic acids is 1. The smallest absolute Gasteiger partial charge is 0.340 e. The molecule has 0 saturated carbocycles. The summed E-state index contributed by atoms with van der Waals surface area (Å²) in [5, 5.41) is 0. The summed E-state index contributed by atoms with van der Waals surface area (Å²) in [7, 11) is 0. The monoisotopic (exact) mass is 252 g/mol. The maximum absolute atomic E-state index is 11.6. The normalized spacial score (nSPS) is 10.4. The second-order valence-electron chi connectivity index (χ2n) is 4.36. The molecule has 5 heteroatoms. The zero-order valence-corrected chi connectivity index (χ0v) is 11.1. The number of carbonyl (C=O) groups is 1. The molecular formula is C13H20N2O3. The molecule has 0 aliphatic rings. The molecule has 0 spiro atoms. The molecule has 0 radical (unpaired) electrons. The number of pyridine rings is 1. The average Bonchev–Trinajstić information content (AvgIpc) is 2.31. The Balaban J connectivity index is 2.71. The van der Waals surface area contributed by atoms with E-state index in [-0.39, 0.29) is 0 Å². The minimum Gasteiger partial charge on any atom is -0.478 e. The highest BCUT2D eigenvalue weighted by Crippen LogP contribution is 2.18. The summed E-state index contributed by atoms with van der Waals surface area (Å²) in [5.41, 5.74) is 6.27. The fourth-order valence-corrected chi connectivity index (χ4v) is 1.31. The number of nitrogens with two attached hydrogens (primary N) is 1. The molecule has 1 rings (SSSR count). The lowest BCUT2D eigenvalue weighted by atomic mass is 10.1. The molecular weight excluding hydrogens is 232 g/mol. The number of hydrogen-bond acceptors (Lipinski definition) is 5. The molecule has 18 heavy (non-hydrogen) atoms. The van der Waals surface area contributed by atoms with Gasteiger partial charge in [0.25, 0.3) is 0 Å². The number of rotatable bonds is 6. The number of ether oxygens (including phenoxy) is 2. The van der Waals surface area contributed by atoms with Crippen LogP contribution < -0.4 is 10.5 Å². The van der Waals surface area contributed by atoms with Gasteiger partial charge in [-0.2, -0.15) is 0 Å². The van der Waals surface area contributed by atoms with Gasteiger partial charge in [-0.05, 0) is 19.3 Å². The van der Waals surface area contributed by atoms with Gasteiger partial charge in [-0.3, -0.25) is 0 Å². The zero-order chi connectivity index (χ0) is 13.5. The molecule has 0 aliphatic heterocycles. The molecule has 0 aliphatic carbocycles. The number of anilines is 1. The standard InChI is InChI=1S/C13H20N2O3/c1-4-17-13(16)10-7-12(15-8-11(10)14)18-6-5-9(2)3/h7-9H,4-6,14H2,1-3H3. The lowest BCUT2D eigenvalue weighted by molar-refractivity contribution is 0.0527. The van der Waals surface area contributed by atoms with E-state index in [1.165, 1.54) is 12.3 Å². The third-order valence-electron chi connectivity index (χ3n) is 2.35. The van der Waals surface area contributed by atoms with Crippen molar-refractivity contribution in [3.05, 3.63) is 17.8 Å². The summed E-state index contributed by atoms with van der Waals surface area (Å²) >= 11 is 0. The van der Waals surface area contributed by atoms with Crippen molar-refractivity contribution < 1.29 is 14.3 Å². The van der Waals surface area contributed by atoms with Gasteiger partial charge in [-0.1, -0.05) is 13.8 Å². The van der Waals surface area contributed by atoms with E-state index in [1.807, 2.05) is 0 Å². The molecule has 0 fully saturated rings. The van der Waals surface area contributed by atoms with E-state index in [9.17, 15) is 4.79 Å². The Morgan fingerprint density at radius 2 is 2.22 bits per heavy atom. The number of esters is 1. The summed E-state index contributed by atoms with van der Waals surface area (Å²) in [5.74, 6) is 0.502. The van der Waals surface area contributed by atoms with Crippen molar-refractivity contribution in [3.63, 3.8) is 0 Å². The molecule has 0 saturated heterocycles. The summed E-state index contributed by atoms with van der Waals surface area (Å²) < 4.78 is 10.4. The van der Waals surface area contributed by atoms with E-state index < -0.39 is 5.97 Å². The number of nitrogens with zero attached hydrogens (tertiary/aromatic N) is 1. The van der Waals surface area contributed by atoms with E-state index in [4.69, 9.17) is 15.2 Å². The highest BCUT2D eigenvalue weighted by atomic mass is 16.5. The van der Waals surface area contributed by atoms with Gasteiger partial charge in [0.2, 0.25) is 5.88 Å². The molecule has 0 atom stereocenters. The SMILES string of the molecule is CCOC(=O)c1cc(OCCC(C)C)ncc1N. The molecule has 2 N–H and O–H groups in total. The Morgan fingerprint density at radius 1 is 1.50 bits per heavy atom. The molecule has 100 valence electrons. The van der Waals surface area contributed by atoms with Crippen LogP contribution in [-0.4, -0.2) is 24.2 Å². The van der Waals surface area contributed by atoms with Gasteiger partial charge in [0, 0.05) is 6.07 Å². The van der Waals surface area contributed by atoms with Crippen LogP contribution in [-0.2, 0) is 4.74 Å². The molecule has 5 nitrogen and oxygen atoms in total. The largest absolute Gasteiger partial charge is 0.478 e. The van der Waals surface area contributed by atoms with Crippen LogP contribution in [0.3, 0.4) is 0 Å². The Bertz CT molecular complexity index is 405. The maximum atomic E-state index is 11.6. The topological polar surface area (TPSA) is 74.4 Å². The Morgan fingerprint density at radius 3 is 2.83 bits per heavy atom. The van der Waals surface area contributed by atoms with Gasteiger partial charge >= 0.3 is 5.97 Å². The minimum absolute atomic E-state index is 0.296. The van der Waals surface area contributed by atoms with Crippen LogP contribution in [0.2, 0.25) is 0 Å². The van der Waals surface area contributed by atoms with E-state index in [0.717, 1.165) is 6.42 Å². The summed E-state index contributed by atoms with van der Waals surface area (Å²) in [6.45, 7) is 6.85. The predicted octanol–water partition coefficient (Wildman–Crippen LogP) is 2.27. The highest BCUT2D eigenvalue weighted by molar-refractivity contribution is 5.95. The third-order valence-corrected chi connectivity index (χ3v) is 2.35. The first-order chi connectivity index (χ1) is 8.54. The van der Waals surface area contributed by atoms with Crippen LogP contribution in [0, 0.1) is 5.92 Å². The van der Waals surface area contributed by atoms with Crippen molar-refractivity contribution >= 4 is 11.7 Å². The molecule has 0 bridgehead atoms. The van der Waals surface area contributed by atoms with E-state index in [0.29, 0.717) is 36.3 Å². The zero-order valence-electron chi connectivity index (χ0n) is 11.1. The highest BCUT2D eigenvalue weighted by Gasteiger charge is 2.13. The second kappa shape index (κ2) is 6.83. The minimum atomic E-state index is -0.453. The van der Waals surface area contributed by atoms with E-state index in [1.54, 1.807) is 6.92 Å². The number of nitrogen functional groups attached to an aromatic ring is 1. The lowest BCUT2D eigenvalue weighted by Gasteiger charge is -2.09. The van der Waals surface area contributed by atoms with Crippen LogP contribution in [0.15, 0.2) is 12.3 Å². The van der Waals surface area contributed by atoms with E-state index >= 15 is 0 Å². The van der Waals surface area contributed by atoms with Crippen molar-refractivity contribution in [1.82, 2.24) is 4.98 Å². The Kier molecular flexibility index (Phi) is 5.42. The molecule has 1 aromatic rings. The second-order valence-corrected chi connectivity index (χ2v) is 4.36. The molecule has 0 unspecified atom stereocenters. The van der Waals surface area contributed by atoms with Crippen molar-refractivity contribution in [2.45, 2.75) is 27.2 Å². The first kappa shape index (κ1) is 14.3. The average molecular weight is 252 g/mol. The Labute approximate surface area is 107 Å². The molecule has 1 aromatic heterocycles. The van der Waals surface area contributed by atoms with Gasteiger partial charge in [-0.25, -0.2) is 9.78 Å². The fourth-order valence-electron chi connectivity index (χ4n) is 1.31. The van der Waals surface area contributed by atoms with E-state index in [2.05, 4.69) is 18.8 Å². The predicted molar refractivity (Wildman–Crippen MR) is 69.6 cm³/mol. The molecule has 1 heterocycles. The van der Waals surface area contributed by atoms with Gasteiger partial charge in [-0.15, -0.1) is 0 Å². The van der Waals surface area contributed by atoms with Gasteiger partial charge < -0.3 is 15.2 Å². The quantitative estimate of drug-likeness (QED) is 0.786. The fraction of sp³-hybridized carbons (Fsp3) is 0.538. The van der Waals surface area contributed by atoms with Gasteiger partial charge in [0.1, 0.15) is 0 Å². The summed E-state index contributed by atoms with van der Waals surface area (Å²) in [6.07, 6.45) is 2.34. The molecule has 0 amide bonds. The summed E-state index contributed by atoms with van der Waals surface area (Å²) in [6, 6.07) is 1.52. The third kappa shape index (κ3) is 4.24.